The second kappa shape index (κ2) is 6.30. The molecule has 0 aromatic heterocycles. The van der Waals surface area contributed by atoms with E-state index in [0.717, 1.165) is 24.9 Å². The van der Waals surface area contributed by atoms with Crippen LogP contribution in [0.5, 0.6) is 0 Å². The topological polar surface area (TPSA) is 24.1 Å². The van der Waals surface area contributed by atoms with E-state index < -0.39 is 11.7 Å². The minimum Gasteiger partial charge on any atom is -0.383 e. The Morgan fingerprint density at radius 2 is 1.88 bits per heavy atom. The van der Waals surface area contributed by atoms with Gasteiger partial charge in [0.1, 0.15) is 0 Å². The molecule has 1 aliphatic carbocycles. The first-order chi connectivity index (χ1) is 11.2. The lowest BCUT2D eigenvalue weighted by molar-refractivity contribution is -0.139. The Morgan fingerprint density at radius 1 is 1.25 bits per heavy atom. The number of benzene rings is 1. The van der Waals surface area contributed by atoms with Crippen molar-refractivity contribution in [3.05, 3.63) is 42.1 Å². The third kappa shape index (κ3) is 3.75. The van der Waals surface area contributed by atoms with Gasteiger partial charge in [0.25, 0.3) is 0 Å². The van der Waals surface area contributed by atoms with E-state index in [1.807, 2.05) is 13.8 Å². The van der Waals surface area contributed by atoms with Gasteiger partial charge in [-0.15, -0.1) is 11.8 Å². The summed E-state index contributed by atoms with van der Waals surface area (Å²) in [5, 5.41) is 6.81. The minimum atomic E-state index is -4.32. The molecule has 1 aliphatic heterocycles. The van der Waals surface area contributed by atoms with Crippen LogP contribution in [0.15, 0.2) is 41.4 Å². The molecule has 1 aromatic rings. The van der Waals surface area contributed by atoms with E-state index in [2.05, 4.69) is 17.2 Å². The lowest BCUT2D eigenvalue weighted by Crippen LogP contribution is -2.42. The Bertz CT molecular complexity index is 617. The molecule has 6 heteroatoms. The highest BCUT2D eigenvalue weighted by Crippen LogP contribution is 2.52. The van der Waals surface area contributed by atoms with Gasteiger partial charge in [0.15, 0.2) is 0 Å². The SMILES string of the molecule is C=C(NC(C)(C)CSc1ccccc1C(F)(F)F)C1C2CNCC21. The maximum atomic E-state index is 13.1. The normalized spacial score (nSPS) is 26.1. The molecule has 0 spiro atoms. The molecule has 2 N–H and O–H groups in total. The molecule has 132 valence electrons. The van der Waals surface area contributed by atoms with Crippen molar-refractivity contribution in [2.75, 3.05) is 18.8 Å². The van der Waals surface area contributed by atoms with Gasteiger partial charge in [-0.3, -0.25) is 0 Å². The number of thioether (sulfide) groups is 1. The average molecular weight is 356 g/mol. The quantitative estimate of drug-likeness (QED) is 0.749. The number of hydrogen-bond donors (Lipinski definition) is 2. The monoisotopic (exact) mass is 356 g/mol. The molecular formula is C18H23F3N2S. The summed E-state index contributed by atoms with van der Waals surface area (Å²) in [5.41, 5.74) is 0.152. The van der Waals surface area contributed by atoms with Crippen molar-refractivity contribution in [2.45, 2.75) is 30.5 Å². The smallest absolute Gasteiger partial charge is 0.383 e. The molecule has 0 radical (unpaired) electrons. The summed E-state index contributed by atoms with van der Waals surface area (Å²) in [4.78, 5) is 0.276. The first-order valence-corrected chi connectivity index (χ1v) is 9.14. The van der Waals surface area contributed by atoms with Crippen LogP contribution < -0.4 is 10.6 Å². The number of hydrogen-bond acceptors (Lipinski definition) is 3. The minimum absolute atomic E-state index is 0.276. The molecule has 0 amide bonds. The molecule has 2 unspecified atom stereocenters. The van der Waals surface area contributed by atoms with Gasteiger partial charge in [0.2, 0.25) is 0 Å². The molecule has 2 atom stereocenters. The number of fused-ring (bicyclic) bond motifs is 1. The summed E-state index contributed by atoms with van der Waals surface area (Å²) in [6, 6.07) is 5.75. The van der Waals surface area contributed by atoms with Crippen molar-refractivity contribution in [1.82, 2.24) is 10.6 Å². The van der Waals surface area contributed by atoms with E-state index in [9.17, 15) is 13.2 Å². The zero-order chi connectivity index (χ0) is 17.5. The van der Waals surface area contributed by atoms with Crippen molar-refractivity contribution in [3.8, 4) is 0 Å². The predicted molar refractivity (Wildman–Crippen MR) is 91.9 cm³/mol. The Morgan fingerprint density at radius 3 is 2.50 bits per heavy atom. The fourth-order valence-electron chi connectivity index (χ4n) is 3.57. The number of alkyl halides is 3. The van der Waals surface area contributed by atoms with Crippen molar-refractivity contribution < 1.29 is 13.2 Å². The van der Waals surface area contributed by atoms with E-state index in [0.29, 0.717) is 23.5 Å². The lowest BCUT2D eigenvalue weighted by Gasteiger charge is -2.29. The fraction of sp³-hybridized carbons (Fsp3) is 0.556. The van der Waals surface area contributed by atoms with Gasteiger partial charge in [-0.2, -0.15) is 13.2 Å². The van der Waals surface area contributed by atoms with Gasteiger partial charge >= 0.3 is 6.18 Å². The summed E-state index contributed by atoms with van der Waals surface area (Å²) in [6.07, 6.45) is -4.32. The average Bonchev–Trinajstić information content (AvgIpc) is 2.98. The van der Waals surface area contributed by atoms with Crippen LogP contribution in [0, 0.1) is 17.8 Å². The van der Waals surface area contributed by atoms with Crippen LogP contribution in [0.2, 0.25) is 0 Å². The molecule has 1 heterocycles. The Hall–Kier alpha value is -1.14. The summed E-state index contributed by atoms with van der Waals surface area (Å²) >= 11 is 1.24. The Labute approximate surface area is 145 Å². The first-order valence-electron chi connectivity index (χ1n) is 8.16. The lowest BCUT2D eigenvalue weighted by atomic mass is 10.1. The second-order valence-electron chi connectivity index (χ2n) is 7.33. The largest absolute Gasteiger partial charge is 0.417 e. The van der Waals surface area contributed by atoms with E-state index >= 15 is 0 Å². The number of nitrogens with one attached hydrogen (secondary N) is 2. The highest BCUT2D eigenvalue weighted by atomic mass is 32.2. The van der Waals surface area contributed by atoms with Crippen LogP contribution in [0.4, 0.5) is 13.2 Å². The highest BCUT2D eigenvalue weighted by Gasteiger charge is 2.54. The highest BCUT2D eigenvalue weighted by molar-refractivity contribution is 7.99. The third-order valence-electron chi connectivity index (χ3n) is 4.77. The zero-order valence-corrected chi connectivity index (χ0v) is 14.7. The number of piperidine rings is 1. The van der Waals surface area contributed by atoms with Crippen molar-refractivity contribution in [2.24, 2.45) is 17.8 Å². The van der Waals surface area contributed by atoms with Crippen LogP contribution in [0.3, 0.4) is 0 Å². The van der Waals surface area contributed by atoms with Crippen molar-refractivity contribution in [3.63, 3.8) is 0 Å². The molecule has 1 aromatic carbocycles. The second-order valence-corrected chi connectivity index (χ2v) is 8.35. The standard InChI is InChI=1S/C18H23F3N2S/c1-11(16-12-8-22-9-13(12)16)23-17(2,3)10-24-15-7-5-4-6-14(15)18(19,20)21/h4-7,12-13,16,22-23H,1,8-10H2,2-3H3. The van der Waals surface area contributed by atoms with E-state index in [4.69, 9.17) is 0 Å². The molecule has 0 bridgehead atoms. The number of allylic oxidation sites excluding steroid dienone is 1. The first kappa shape index (κ1) is 17.7. The van der Waals surface area contributed by atoms with Crippen LogP contribution in [0.1, 0.15) is 19.4 Å². The fourth-order valence-corrected chi connectivity index (χ4v) is 4.68. The maximum Gasteiger partial charge on any atom is 0.417 e. The summed E-state index contributed by atoms with van der Waals surface area (Å²) in [6.45, 7) is 10.3. The van der Waals surface area contributed by atoms with Gasteiger partial charge in [0.05, 0.1) is 5.56 Å². The van der Waals surface area contributed by atoms with Crippen molar-refractivity contribution >= 4 is 11.8 Å². The van der Waals surface area contributed by atoms with Crippen LogP contribution in [-0.2, 0) is 6.18 Å². The van der Waals surface area contributed by atoms with Gasteiger partial charge in [0, 0.05) is 27.8 Å². The molecule has 1 saturated heterocycles. The van der Waals surface area contributed by atoms with Gasteiger partial charge < -0.3 is 10.6 Å². The van der Waals surface area contributed by atoms with Crippen LogP contribution >= 0.6 is 11.8 Å². The Balaban J connectivity index is 1.58. The van der Waals surface area contributed by atoms with E-state index in [-0.39, 0.29) is 10.4 Å². The zero-order valence-electron chi connectivity index (χ0n) is 13.9. The maximum absolute atomic E-state index is 13.1. The van der Waals surface area contributed by atoms with Gasteiger partial charge in [-0.1, -0.05) is 18.7 Å². The number of rotatable bonds is 6. The van der Waals surface area contributed by atoms with Gasteiger partial charge in [-0.25, -0.2) is 0 Å². The van der Waals surface area contributed by atoms with E-state index in [1.54, 1.807) is 6.07 Å². The van der Waals surface area contributed by atoms with Gasteiger partial charge in [-0.05, 0) is 50.9 Å². The summed E-state index contributed by atoms with van der Waals surface area (Å²) < 4.78 is 39.2. The molecule has 1 saturated carbocycles. The van der Waals surface area contributed by atoms with Crippen LogP contribution in [-0.4, -0.2) is 24.4 Å². The van der Waals surface area contributed by atoms with Crippen molar-refractivity contribution in [1.29, 1.82) is 0 Å². The third-order valence-corrected chi connectivity index (χ3v) is 6.31. The molecule has 2 nitrogen and oxygen atoms in total. The molecule has 24 heavy (non-hydrogen) atoms. The molecule has 3 rings (SSSR count). The molecule has 2 fully saturated rings. The summed E-state index contributed by atoms with van der Waals surface area (Å²) in [5.74, 6) is 2.41. The molecule has 2 aliphatic rings. The number of halogens is 3. The predicted octanol–water partition coefficient (Wildman–Crippen LogP) is 4.14. The Kier molecular flexibility index (Phi) is 4.64. The van der Waals surface area contributed by atoms with E-state index in [1.165, 1.54) is 23.9 Å². The summed E-state index contributed by atoms with van der Waals surface area (Å²) in [7, 11) is 0. The van der Waals surface area contributed by atoms with Crippen LogP contribution in [0.25, 0.3) is 0 Å². The molecular weight excluding hydrogens is 333 g/mol.